The molecule has 0 unspecified atom stereocenters. The smallest absolute Gasteiger partial charge is 0.259 e. The summed E-state index contributed by atoms with van der Waals surface area (Å²) in [6.45, 7) is 9.85. The SMILES string of the molecule is Cc1ccc(C(=O)Nc2c(C)nn(C)c2C)c(N2CCN(CCO)CC2)n1. The highest BCUT2D eigenvalue weighted by Gasteiger charge is 2.24. The van der Waals surface area contributed by atoms with E-state index in [-0.39, 0.29) is 12.5 Å². The number of hydrogen-bond donors (Lipinski definition) is 2. The van der Waals surface area contributed by atoms with E-state index in [1.54, 1.807) is 4.68 Å². The second-order valence-corrected chi connectivity index (χ2v) is 7.00. The Morgan fingerprint density at radius 2 is 1.89 bits per heavy atom. The van der Waals surface area contributed by atoms with Gasteiger partial charge in [0.25, 0.3) is 5.91 Å². The number of carbonyl (C=O) groups is 1. The van der Waals surface area contributed by atoms with Crippen molar-refractivity contribution >= 4 is 17.4 Å². The number of β-amino-alcohol motifs (C(OH)–C–C–N with tert-alkyl or cyclic N) is 1. The van der Waals surface area contributed by atoms with Gasteiger partial charge in [0.1, 0.15) is 5.82 Å². The molecule has 3 heterocycles. The number of nitrogens with zero attached hydrogens (tertiary/aromatic N) is 5. The number of aliphatic hydroxyl groups excluding tert-OH is 1. The summed E-state index contributed by atoms with van der Waals surface area (Å²) in [4.78, 5) is 22.0. The number of pyridine rings is 1. The molecule has 8 nitrogen and oxygen atoms in total. The molecule has 0 saturated carbocycles. The molecular formula is C19H28N6O2. The van der Waals surface area contributed by atoms with Gasteiger partial charge in [-0.05, 0) is 32.9 Å². The topological polar surface area (TPSA) is 86.5 Å². The zero-order chi connectivity index (χ0) is 19.6. The van der Waals surface area contributed by atoms with Crippen molar-refractivity contribution < 1.29 is 9.90 Å². The van der Waals surface area contributed by atoms with Crippen molar-refractivity contribution in [2.75, 3.05) is 49.5 Å². The second-order valence-electron chi connectivity index (χ2n) is 7.00. The van der Waals surface area contributed by atoms with Gasteiger partial charge < -0.3 is 15.3 Å². The standard InChI is InChI=1S/C19H28N6O2/c1-13-5-6-16(19(27)21-17-14(2)22-23(4)15(17)3)18(20-13)25-9-7-24(8-10-25)11-12-26/h5-6,26H,7-12H2,1-4H3,(H,21,27). The van der Waals surface area contributed by atoms with Crippen LogP contribution in [0.25, 0.3) is 0 Å². The molecule has 2 aromatic rings. The van der Waals surface area contributed by atoms with E-state index in [0.29, 0.717) is 12.1 Å². The number of rotatable bonds is 5. The lowest BCUT2D eigenvalue weighted by atomic mass is 10.1. The zero-order valence-electron chi connectivity index (χ0n) is 16.5. The Morgan fingerprint density at radius 3 is 2.48 bits per heavy atom. The Hall–Kier alpha value is -2.45. The summed E-state index contributed by atoms with van der Waals surface area (Å²) in [6, 6.07) is 3.71. The molecule has 146 valence electrons. The normalized spacial score (nSPS) is 15.2. The predicted molar refractivity (Wildman–Crippen MR) is 105 cm³/mol. The van der Waals surface area contributed by atoms with E-state index in [9.17, 15) is 4.79 Å². The molecule has 1 aliphatic rings. The molecule has 3 rings (SSSR count). The fourth-order valence-electron chi connectivity index (χ4n) is 3.42. The molecule has 1 amide bonds. The van der Waals surface area contributed by atoms with E-state index < -0.39 is 0 Å². The molecule has 0 aliphatic carbocycles. The quantitative estimate of drug-likeness (QED) is 0.818. The average Bonchev–Trinajstić information content (AvgIpc) is 2.88. The number of piperazine rings is 1. The van der Waals surface area contributed by atoms with Crippen LogP contribution in [0.1, 0.15) is 27.4 Å². The van der Waals surface area contributed by atoms with Crippen molar-refractivity contribution in [3.63, 3.8) is 0 Å². The number of aliphatic hydroxyl groups is 1. The van der Waals surface area contributed by atoms with Crippen LogP contribution in [0.15, 0.2) is 12.1 Å². The molecule has 27 heavy (non-hydrogen) atoms. The van der Waals surface area contributed by atoms with Crippen LogP contribution in [-0.4, -0.2) is 70.0 Å². The molecule has 1 saturated heterocycles. The first-order chi connectivity index (χ1) is 12.9. The molecule has 0 spiro atoms. The first-order valence-corrected chi connectivity index (χ1v) is 9.28. The van der Waals surface area contributed by atoms with Gasteiger partial charge in [0.05, 0.1) is 29.2 Å². The van der Waals surface area contributed by atoms with Crippen LogP contribution in [0.3, 0.4) is 0 Å². The van der Waals surface area contributed by atoms with Crippen LogP contribution in [0.4, 0.5) is 11.5 Å². The van der Waals surface area contributed by atoms with E-state index >= 15 is 0 Å². The lowest BCUT2D eigenvalue weighted by Crippen LogP contribution is -2.48. The first kappa shape index (κ1) is 19.3. The molecule has 8 heteroatoms. The maximum Gasteiger partial charge on any atom is 0.259 e. The lowest BCUT2D eigenvalue weighted by molar-refractivity contribution is 0.102. The minimum atomic E-state index is -0.172. The number of amides is 1. The zero-order valence-corrected chi connectivity index (χ0v) is 16.5. The van der Waals surface area contributed by atoms with Crippen molar-refractivity contribution in [1.29, 1.82) is 0 Å². The molecule has 1 aliphatic heterocycles. The summed E-state index contributed by atoms with van der Waals surface area (Å²) in [6.07, 6.45) is 0. The molecule has 0 radical (unpaired) electrons. The van der Waals surface area contributed by atoms with Crippen molar-refractivity contribution in [2.45, 2.75) is 20.8 Å². The van der Waals surface area contributed by atoms with Gasteiger partial charge in [0.2, 0.25) is 0 Å². The van der Waals surface area contributed by atoms with Gasteiger partial charge in [-0.3, -0.25) is 14.4 Å². The van der Waals surface area contributed by atoms with E-state index in [1.165, 1.54) is 0 Å². The summed E-state index contributed by atoms with van der Waals surface area (Å²) in [5.74, 6) is 0.546. The maximum absolute atomic E-state index is 13.0. The Balaban J connectivity index is 1.83. The third-order valence-corrected chi connectivity index (χ3v) is 5.09. The van der Waals surface area contributed by atoms with Crippen LogP contribution in [0.5, 0.6) is 0 Å². The number of nitrogens with one attached hydrogen (secondary N) is 1. The van der Waals surface area contributed by atoms with Crippen LogP contribution in [-0.2, 0) is 7.05 Å². The Bertz CT molecular complexity index is 824. The maximum atomic E-state index is 13.0. The van der Waals surface area contributed by atoms with Crippen LogP contribution < -0.4 is 10.2 Å². The number of hydrogen-bond acceptors (Lipinski definition) is 6. The van der Waals surface area contributed by atoms with Gasteiger partial charge in [0, 0.05) is 45.5 Å². The molecule has 1 fully saturated rings. The molecule has 2 aromatic heterocycles. The van der Waals surface area contributed by atoms with E-state index in [0.717, 1.165) is 54.8 Å². The number of aryl methyl sites for hydroxylation is 3. The number of anilines is 2. The van der Waals surface area contributed by atoms with Crippen molar-refractivity contribution in [3.8, 4) is 0 Å². The number of carbonyl (C=O) groups excluding carboxylic acids is 1. The second kappa shape index (κ2) is 8.06. The fraction of sp³-hybridized carbons (Fsp3) is 0.526. The minimum absolute atomic E-state index is 0.167. The third-order valence-electron chi connectivity index (χ3n) is 5.09. The Morgan fingerprint density at radius 1 is 1.19 bits per heavy atom. The predicted octanol–water partition coefficient (Wildman–Crippen LogP) is 1.11. The van der Waals surface area contributed by atoms with Crippen molar-refractivity contribution in [1.82, 2.24) is 19.7 Å². The highest BCUT2D eigenvalue weighted by molar-refractivity contribution is 6.08. The van der Waals surface area contributed by atoms with E-state index in [4.69, 9.17) is 5.11 Å². The molecule has 0 aromatic carbocycles. The largest absolute Gasteiger partial charge is 0.395 e. The molecular weight excluding hydrogens is 344 g/mol. The highest BCUT2D eigenvalue weighted by atomic mass is 16.3. The third kappa shape index (κ3) is 4.12. The lowest BCUT2D eigenvalue weighted by Gasteiger charge is -2.35. The van der Waals surface area contributed by atoms with Crippen molar-refractivity contribution in [3.05, 3.63) is 34.8 Å². The van der Waals surface area contributed by atoms with E-state index in [2.05, 4.69) is 25.2 Å². The van der Waals surface area contributed by atoms with Crippen LogP contribution >= 0.6 is 0 Å². The fourth-order valence-corrected chi connectivity index (χ4v) is 3.42. The van der Waals surface area contributed by atoms with Gasteiger partial charge >= 0.3 is 0 Å². The van der Waals surface area contributed by atoms with Crippen molar-refractivity contribution in [2.24, 2.45) is 7.05 Å². The summed E-state index contributed by atoms with van der Waals surface area (Å²) in [7, 11) is 1.86. The minimum Gasteiger partial charge on any atom is -0.395 e. The Labute approximate surface area is 159 Å². The van der Waals surface area contributed by atoms with Gasteiger partial charge in [-0.2, -0.15) is 5.10 Å². The molecule has 0 bridgehead atoms. The summed E-state index contributed by atoms with van der Waals surface area (Å²) in [5, 5.41) is 16.5. The van der Waals surface area contributed by atoms with Crippen LogP contribution in [0, 0.1) is 20.8 Å². The van der Waals surface area contributed by atoms with Crippen LogP contribution in [0.2, 0.25) is 0 Å². The summed E-state index contributed by atoms with van der Waals surface area (Å²) < 4.78 is 1.76. The van der Waals surface area contributed by atoms with Gasteiger partial charge in [0.15, 0.2) is 0 Å². The summed E-state index contributed by atoms with van der Waals surface area (Å²) in [5.41, 5.74) is 3.91. The monoisotopic (exact) mass is 372 g/mol. The number of aromatic nitrogens is 3. The Kier molecular flexibility index (Phi) is 5.76. The average molecular weight is 372 g/mol. The van der Waals surface area contributed by atoms with Gasteiger partial charge in [-0.1, -0.05) is 0 Å². The highest BCUT2D eigenvalue weighted by Crippen LogP contribution is 2.24. The summed E-state index contributed by atoms with van der Waals surface area (Å²) >= 11 is 0. The molecule has 0 atom stereocenters. The first-order valence-electron chi connectivity index (χ1n) is 9.28. The molecule has 2 N–H and O–H groups in total. The van der Waals surface area contributed by atoms with Gasteiger partial charge in [-0.15, -0.1) is 0 Å². The van der Waals surface area contributed by atoms with Gasteiger partial charge in [-0.25, -0.2) is 4.98 Å². The van der Waals surface area contributed by atoms with E-state index in [1.807, 2.05) is 40.0 Å².